The smallest absolute Gasteiger partial charge is 0.334 e. The van der Waals surface area contributed by atoms with E-state index in [1.807, 2.05) is 0 Å². The van der Waals surface area contributed by atoms with Crippen LogP contribution >= 0.6 is 7.26 Å². The zero-order valence-corrected chi connectivity index (χ0v) is 12.1. The van der Waals surface area contributed by atoms with Crippen LogP contribution in [0.15, 0.2) is 23.4 Å². The second-order valence-electron chi connectivity index (χ2n) is 4.46. The van der Waals surface area contributed by atoms with Gasteiger partial charge in [0.25, 0.3) is 5.95 Å². The molecule has 0 aliphatic carbocycles. The predicted octanol–water partition coefficient (Wildman–Crippen LogP) is 2.78. The van der Waals surface area contributed by atoms with Crippen LogP contribution in [0.5, 0.6) is 0 Å². The van der Waals surface area contributed by atoms with E-state index in [1.54, 1.807) is 12.2 Å². The Labute approximate surface area is 104 Å². The molecule has 0 aliphatic heterocycles. The molecular weight excluding hydrogens is 239 g/mol. The molecule has 0 heterocycles. The number of hydrogen-bond donors (Lipinski definition) is 1. The van der Waals surface area contributed by atoms with Gasteiger partial charge in [-0.3, -0.25) is 0 Å². The van der Waals surface area contributed by atoms with E-state index in [9.17, 15) is 4.79 Å². The third-order valence-corrected chi connectivity index (χ3v) is 4.35. The summed E-state index contributed by atoms with van der Waals surface area (Å²) in [6.45, 7) is 6.42. The van der Waals surface area contributed by atoms with E-state index in [0.717, 1.165) is 11.7 Å². The first-order chi connectivity index (χ1) is 7.81. The van der Waals surface area contributed by atoms with E-state index >= 15 is 0 Å². The molecule has 98 valence electrons. The van der Waals surface area contributed by atoms with Crippen LogP contribution < -0.4 is 0 Å². The van der Waals surface area contributed by atoms with Crippen molar-refractivity contribution in [2.75, 3.05) is 34.2 Å². The Kier molecular flexibility index (Phi) is 6.89. The largest absolute Gasteiger partial charge is 0.481 e. The van der Waals surface area contributed by atoms with E-state index in [0.29, 0.717) is 6.42 Å². The van der Waals surface area contributed by atoms with Gasteiger partial charge in [-0.25, -0.2) is 4.79 Å². The van der Waals surface area contributed by atoms with Gasteiger partial charge < -0.3 is 14.6 Å². The van der Waals surface area contributed by atoms with Crippen LogP contribution in [0, 0.1) is 0 Å². The lowest BCUT2D eigenvalue weighted by atomic mass is 10.3. The van der Waals surface area contributed by atoms with Crippen LogP contribution in [0.2, 0.25) is 0 Å². The minimum atomic E-state index is -1.25. The van der Waals surface area contributed by atoms with Gasteiger partial charge in [-0.2, -0.15) is 0 Å². The first kappa shape index (κ1) is 16.0. The van der Waals surface area contributed by atoms with E-state index in [1.165, 1.54) is 14.2 Å². The average molecular weight is 261 g/mol. The number of carbonyl (C=O) groups is 1. The zero-order valence-electron chi connectivity index (χ0n) is 11.2. The first-order valence-electron chi connectivity index (χ1n) is 5.35. The molecule has 0 atom stereocenters. The number of ether oxygens (including phenoxy) is 2. The Morgan fingerprint density at radius 1 is 1.24 bits per heavy atom. The molecule has 1 N–H and O–H groups in total. The number of aliphatic hydroxyl groups is 1. The monoisotopic (exact) mass is 261 g/mol. The highest BCUT2D eigenvalue weighted by Crippen LogP contribution is 2.57. The summed E-state index contributed by atoms with van der Waals surface area (Å²) in [5.41, 5.74) is 0. The summed E-state index contributed by atoms with van der Waals surface area (Å²) >= 11 is 0. The molecule has 0 fully saturated rings. The fourth-order valence-electron chi connectivity index (χ4n) is 1.22. The number of carbonyl (C=O) groups excluding carboxylic acids is 1. The summed E-state index contributed by atoms with van der Waals surface area (Å²) in [7, 11) is 1.53. The van der Waals surface area contributed by atoms with Gasteiger partial charge >= 0.3 is 5.97 Å². The molecule has 17 heavy (non-hydrogen) atoms. The lowest BCUT2D eigenvalue weighted by Crippen LogP contribution is -2.00. The summed E-state index contributed by atoms with van der Waals surface area (Å²) in [6.07, 6.45) is 4.52. The molecule has 5 heteroatoms. The SMILES string of the molecule is COC(=O)/C=C(/CC/C=C(\O)OC)[P+](C)(C)C. The Morgan fingerprint density at radius 3 is 2.24 bits per heavy atom. The molecule has 0 aromatic heterocycles. The molecule has 0 rings (SSSR count). The van der Waals surface area contributed by atoms with Gasteiger partial charge in [-0.1, -0.05) is 0 Å². The maximum absolute atomic E-state index is 11.3. The van der Waals surface area contributed by atoms with Gasteiger partial charge in [0.2, 0.25) is 0 Å². The maximum atomic E-state index is 11.3. The van der Waals surface area contributed by atoms with E-state index in [-0.39, 0.29) is 11.9 Å². The molecule has 0 aliphatic rings. The van der Waals surface area contributed by atoms with Gasteiger partial charge in [0.1, 0.15) is 0 Å². The average Bonchev–Trinajstić information content (AvgIpc) is 2.25. The van der Waals surface area contributed by atoms with Crippen molar-refractivity contribution in [3.05, 3.63) is 23.4 Å². The van der Waals surface area contributed by atoms with Gasteiger partial charge in [0, 0.05) is 13.7 Å². The van der Waals surface area contributed by atoms with Crippen LogP contribution in [0.4, 0.5) is 0 Å². The predicted molar refractivity (Wildman–Crippen MR) is 71.7 cm³/mol. The highest BCUT2D eigenvalue weighted by atomic mass is 31.2. The number of methoxy groups -OCH3 is 2. The summed E-state index contributed by atoms with van der Waals surface area (Å²) in [4.78, 5) is 11.3. The zero-order chi connectivity index (χ0) is 13.5. The van der Waals surface area contributed by atoms with Gasteiger partial charge in [-0.05, 0) is 12.5 Å². The normalized spacial score (nSPS) is 13.5. The number of esters is 1. The standard InChI is InChI=1S/C12H21O4P/c1-15-11(13)8-6-7-10(17(3,4)5)9-12(14)16-2/h8-9H,6-7H2,1-5H3/p+1/b10-9-,11-8+. The first-order valence-corrected chi connectivity index (χ1v) is 8.48. The molecule has 0 aromatic rings. The molecule has 0 amide bonds. The molecule has 0 bridgehead atoms. The number of rotatable bonds is 6. The summed E-state index contributed by atoms with van der Waals surface area (Å²) in [6, 6.07) is 0. The third-order valence-electron chi connectivity index (χ3n) is 2.28. The van der Waals surface area contributed by atoms with Crippen molar-refractivity contribution in [3.63, 3.8) is 0 Å². The number of allylic oxidation sites excluding steroid dienone is 2. The van der Waals surface area contributed by atoms with Gasteiger partial charge in [0.15, 0.2) is 0 Å². The highest BCUT2D eigenvalue weighted by molar-refractivity contribution is 7.77. The quantitative estimate of drug-likeness (QED) is 0.346. The Hall–Kier alpha value is -1.02. The molecule has 0 unspecified atom stereocenters. The van der Waals surface area contributed by atoms with Crippen LogP contribution in [0.3, 0.4) is 0 Å². The van der Waals surface area contributed by atoms with Crippen LogP contribution in [-0.2, 0) is 14.3 Å². The second-order valence-corrected chi connectivity index (χ2v) is 9.06. The fraction of sp³-hybridized carbons (Fsp3) is 0.583. The summed E-state index contributed by atoms with van der Waals surface area (Å²) in [5.74, 6) is -0.412. The van der Waals surface area contributed by atoms with Crippen LogP contribution in [0.25, 0.3) is 0 Å². The van der Waals surface area contributed by atoms with Gasteiger partial charge in [0.05, 0.1) is 45.6 Å². The number of hydrogen-bond acceptors (Lipinski definition) is 4. The van der Waals surface area contributed by atoms with Crippen molar-refractivity contribution in [3.8, 4) is 0 Å². The molecule has 0 spiro atoms. The maximum Gasteiger partial charge on any atom is 0.334 e. The van der Waals surface area contributed by atoms with Crippen molar-refractivity contribution in [1.29, 1.82) is 0 Å². The van der Waals surface area contributed by atoms with Crippen molar-refractivity contribution < 1.29 is 19.4 Å². The van der Waals surface area contributed by atoms with Crippen molar-refractivity contribution in [2.24, 2.45) is 0 Å². The molecule has 0 aromatic carbocycles. The Balaban J connectivity index is 4.64. The van der Waals surface area contributed by atoms with Crippen molar-refractivity contribution in [1.82, 2.24) is 0 Å². The van der Waals surface area contributed by atoms with Gasteiger partial charge in [-0.15, -0.1) is 0 Å². The molecule has 0 radical (unpaired) electrons. The van der Waals surface area contributed by atoms with Crippen molar-refractivity contribution >= 4 is 13.2 Å². The summed E-state index contributed by atoms with van der Waals surface area (Å²) in [5, 5.41) is 10.2. The topological polar surface area (TPSA) is 55.8 Å². The highest BCUT2D eigenvalue weighted by Gasteiger charge is 2.25. The number of aliphatic hydroxyl groups excluding tert-OH is 1. The lowest BCUT2D eigenvalue weighted by Gasteiger charge is -2.15. The van der Waals surface area contributed by atoms with Crippen LogP contribution in [-0.4, -0.2) is 45.3 Å². The second kappa shape index (κ2) is 7.33. The third kappa shape index (κ3) is 7.01. The van der Waals surface area contributed by atoms with Crippen molar-refractivity contribution in [2.45, 2.75) is 12.8 Å². The molecular formula is C12H22O4P+. The summed E-state index contributed by atoms with van der Waals surface area (Å²) < 4.78 is 9.27. The Bertz CT molecular complexity index is 313. The minimum Gasteiger partial charge on any atom is -0.481 e. The Morgan fingerprint density at radius 2 is 1.82 bits per heavy atom. The molecule has 0 saturated heterocycles. The molecule has 0 saturated carbocycles. The van der Waals surface area contributed by atoms with E-state index < -0.39 is 7.26 Å². The lowest BCUT2D eigenvalue weighted by molar-refractivity contribution is -0.134. The minimum absolute atomic E-state index is 0.0883. The van der Waals surface area contributed by atoms with E-state index in [4.69, 9.17) is 5.11 Å². The van der Waals surface area contributed by atoms with Crippen LogP contribution in [0.1, 0.15) is 12.8 Å². The van der Waals surface area contributed by atoms with E-state index in [2.05, 4.69) is 29.5 Å². The fourth-order valence-corrected chi connectivity index (χ4v) is 2.52. The molecule has 4 nitrogen and oxygen atoms in total.